The fraction of sp³-hybridized carbons (Fsp3) is 0.286. The molecule has 0 aliphatic carbocycles. The van der Waals surface area contributed by atoms with E-state index in [0.717, 1.165) is 17.3 Å². The first-order valence-corrected chi connectivity index (χ1v) is 7.67. The minimum absolute atomic E-state index is 0.408. The van der Waals surface area contributed by atoms with Crippen molar-refractivity contribution in [2.24, 2.45) is 0 Å². The van der Waals surface area contributed by atoms with Crippen LogP contribution in [0.3, 0.4) is 0 Å². The number of carbonyl (C=O) groups excluding carboxylic acids is 1. The van der Waals surface area contributed by atoms with Gasteiger partial charge in [0.15, 0.2) is 5.13 Å². The minimum atomic E-state index is -0.783. The number of carbonyl (C=O) groups is 1. The maximum atomic E-state index is 13.5. The fourth-order valence-electron chi connectivity index (χ4n) is 2.28. The van der Waals surface area contributed by atoms with Crippen LogP contribution in [-0.2, 0) is 0 Å². The van der Waals surface area contributed by atoms with Gasteiger partial charge in [-0.3, -0.25) is 0 Å². The molecular weight excluding hydrogens is 310 g/mol. The Hall–Kier alpha value is -2.22. The number of nitrogens with one attached hydrogen (secondary N) is 1. The van der Waals surface area contributed by atoms with Crippen LogP contribution in [0.4, 0.5) is 24.4 Å². The normalized spacial score (nSPS) is 15.0. The van der Waals surface area contributed by atoms with E-state index >= 15 is 0 Å². The molecular formula is C14H14F2N4OS. The minimum Gasteiger partial charge on any atom is -0.345 e. The fourth-order valence-corrected chi connectivity index (χ4v) is 2.97. The molecule has 2 amide bonds. The summed E-state index contributed by atoms with van der Waals surface area (Å²) in [5, 5.41) is 5.12. The first kappa shape index (κ1) is 14.7. The molecule has 3 rings (SSSR count). The molecule has 2 heterocycles. The van der Waals surface area contributed by atoms with E-state index in [-0.39, 0.29) is 0 Å². The van der Waals surface area contributed by atoms with Gasteiger partial charge in [0.2, 0.25) is 0 Å². The Labute approximate surface area is 130 Å². The summed E-state index contributed by atoms with van der Waals surface area (Å²) < 4.78 is 27.1. The lowest BCUT2D eigenvalue weighted by Gasteiger charge is -2.34. The molecule has 0 saturated carbocycles. The van der Waals surface area contributed by atoms with Crippen molar-refractivity contribution in [2.45, 2.75) is 0 Å². The summed E-state index contributed by atoms with van der Waals surface area (Å²) in [5.41, 5.74) is -0.408. The highest BCUT2D eigenvalue weighted by atomic mass is 32.1. The molecule has 1 N–H and O–H groups in total. The number of thiazole rings is 1. The Balaban J connectivity index is 1.60. The standard InChI is InChI=1S/C14H14F2N4OS/c15-10-2-1-3-11(16)12(10)18-13(21)19-5-7-20(8-6-19)14-17-4-9-22-14/h1-4,9H,5-8H2,(H,18,21). The van der Waals surface area contributed by atoms with E-state index in [2.05, 4.69) is 15.2 Å². The van der Waals surface area contributed by atoms with E-state index in [0.29, 0.717) is 26.2 Å². The topological polar surface area (TPSA) is 48.5 Å². The van der Waals surface area contributed by atoms with Crippen LogP contribution in [0.5, 0.6) is 0 Å². The monoisotopic (exact) mass is 324 g/mol. The second-order valence-corrected chi connectivity index (χ2v) is 5.69. The third-order valence-electron chi connectivity index (χ3n) is 3.45. The first-order valence-electron chi connectivity index (χ1n) is 6.79. The van der Waals surface area contributed by atoms with E-state index in [9.17, 15) is 13.6 Å². The molecule has 116 valence electrons. The molecule has 1 aromatic carbocycles. The van der Waals surface area contributed by atoms with Crippen LogP contribution in [0.15, 0.2) is 29.8 Å². The highest BCUT2D eigenvalue weighted by Crippen LogP contribution is 2.21. The number of hydrogen-bond donors (Lipinski definition) is 1. The van der Waals surface area contributed by atoms with Crippen LogP contribution < -0.4 is 10.2 Å². The van der Waals surface area contributed by atoms with Gasteiger partial charge in [0.05, 0.1) is 0 Å². The zero-order valence-corrected chi connectivity index (χ0v) is 12.4. The lowest BCUT2D eigenvalue weighted by molar-refractivity contribution is 0.208. The van der Waals surface area contributed by atoms with Crippen LogP contribution in [0.2, 0.25) is 0 Å². The molecule has 2 aromatic rings. The molecule has 1 aliphatic heterocycles. The predicted molar refractivity (Wildman–Crippen MR) is 81.3 cm³/mol. The van der Waals surface area contributed by atoms with Gasteiger partial charge in [0.25, 0.3) is 0 Å². The van der Waals surface area contributed by atoms with Gasteiger partial charge in [-0.05, 0) is 12.1 Å². The average molecular weight is 324 g/mol. The largest absolute Gasteiger partial charge is 0.345 e. The number of hydrogen-bond acceptors (Lipinski definition) is 4. The van der Waals surface area contributed by atoms with Crippen molar-refractivity contribution in [1.29, 1.82) is 0 Å². The third-order valence-corrected chi connectivity index (χ3v) is 4.28. The van der Waals surface area contributed by atoms with Crippen LogP contribution in [-0.4, -0.2) is 42.1 Å². The van der Waals surface area contributed by atoms with Crippen molar-refractivity contribution in [1.82, 2.24) is 9.88 Å². The smallest absolute Gasteiger partial charge is 0.322 e. The van der Waals surface area contributed by atoms with Gasteiger partial charge < -0.3 is 15.1 Å². The number of para-hydroxylation sites is 1. The quantitative estimate of drug-likeness (QED) is 0.924. The number of nitrogens with zero attached hydrogens (tertiary/aromatic N) is 3. The number of anilines is 2. The summed E-state index contributed by atoms with van der Waals surface area (Å²) in [6.45, 7) is 2.23. The summed E-state index contributed by atoms with van der Waals surface area (Å²) in [4.78, 5) is 20.0. The van der Waals surface area contributed by atoms with Crippen LogP contribution in [0.1, 0.15) is 0 Å². The number of rotatable bonds is 2. The van der Waals surface area contributed by atoms with E-state index in [1.165, 1.54) is 11.0 Å². The molecule has 1 saturated heterocycles. The molecule has 22 heavy (non-hydrogen) atoms. The van der Waals surface area contributed by atoms with Crippen molar-refractivity contribution in [3.8, 4) is 0 Å². The second-order valence-electron chi connectivity index (χ2n) is 4.82. The van der Waals surface area contributed by atoms with Crippen LogP contribution in [0.25, 0.3) is 0 Å². The van der Waals surface area contributed by atoms with Gasteiger partial charge in [-0.1, -0.05) is 6.07 Å². The second kappa shape index (κ2) is 6.27. The van der Waals surface area contributed by atoms with Crippen LogP contribution >= 0.6 is 11.3 Å². The molecule has 0 atom stereocenters. The Morgan fingerprint density at radius 2 is 1.86 bits per heavy atom. The maximum Gasteiger partial charge on any atom is 0.322 e. The van der Waals surface area contributed by atoms with Gasteiger partial charge in [-0.15, -0.1) is 11.3 Å². The lowest BCUT2D eigenvalue weighted by atomic mass is 10.3. The highest BCUT2D eigenvalue weighted by molar-refractivity contribution is 7.13. The highest BCUT2D eigenvalue weighted by Gasteiger charge is 2.23. The number of urea groups is 1. The summed E-state index contributed by atoms with van der Waals surface area (Å²) in [5.74, 6) is -1.57. The maximum absolute atomic E-state index is 13.5. The molecule has 1 aliphatic rings. The molecule has 0 unspecified atom stereocenters. The van der Waals surface area contributed by atoms with Gasteiger partial charge in [-0.25, -0.2) is 18.6 Å². The number of amides is 2. The van der Waals surface area contributed by atoms with E-state index in [4.69, 9.17) is 0 Å². The zero-order valence-electron chi connectivity index (χ0n) is 11.6. The Kier molecular flexibility index (Phi) is 4.19. The van der Waals surface area contributed by atoms with E-state index < -0.39 is 23.4 Å². The Morgan fingerprint density at radius 3 is 2.45 bits per heavy atom. The Bertz CT molecular complexity index is 637. The van der Waals surface area contributed by atoms with Crippen molar-refractivity contribution in [2.75, 3.05) is 36.4 Å². The molecule has 0 radical (unpaired) electrons. The average Bonchev–Trinajstić information content (AvgIpc) is 3.05. The van der Waals surface area contributed by atoms with E-state index in [1.807, 2.05) is 5.38 Å². The van der Waals surface area contributed by atoms with Crippen molar-refractivity contribution in [3.63, 3.8) is 0 Å². The summed E-state index contributed by atoms with van der Waals surface area (Å²) in [7, 11) is 0. The van der Waals surface area contributed by atoms with Gasteiger partial charge in [-0.2, -0.15) is 0 Å². The van der Waals surface area contributed by atoms with Crippen molar-refractivity contribution >= 4 is 28.2 Å². The molecule has 8 heteroatoms. The number of piperazine rings is 1. The lowest BCUT2D eigenvalue weighted by Crippen LogP contribution is -2.50. The molecule has 1 fully saturated rings. The van der Waals surface area contributed by atoms with E-state index in [1.54, 1.807) is 17.5 Å². The summed E-state index contributed by atoms with van der Waals surface area (Å²) >= 11 is 1.54. The number of aromatic nitrogens is 1. The van der Waals surface area contributed by atoms with Crippen molar-refractivity contribution < 1.29 is 13.6 Å². The first-order chi connectivity index (χ1) is 10.6. The molecule has 1 aromatic heterocycles. The molecule has 0 bridgehead atoms. The predicted octanol–water partition coefficient (Wildman–Crippen LogP) is 2.78. The summed E-state index contributed by atoms with van der Waals surface area (Å²) in [6.07, 6.45) is 1.74. The SMILES string of the molecule is O=C(Nc1c(F)cccc1F)N1CCN(c2nccs2)CC1. The van der Waals surface area contributed by atoms with Gasteiger partial charge in [0.1, 0.15) is 17.3 Å². The molecule has 5 nitrogen and oxygen atoms in total. The third kappa shape index (κ3) is 3.01. The zero-order chi connectivity index (χ0) is 15.5. The van der Waals surface area contributed by atoms with Gasteiger partial charge in [0, 0.05) is 37.8 Å². The number of benzene rings is 1. The summed E-state index contributed by atoms with van der Waals surface area (Å²) in [6, 6.07) is 2.98. The van der Waals surface area contributed by atoms with Crippen LogP contribution in [0, 0.1) is 11.6 Å². The number of halogens is 2. The molecule has 0 spiro atoms. The van der Waals surface area contributed by atoms with Crippen molar-refractivity contribution in [3.05, 3.63) is 41.4 Å². The Morgan fingerprint density at radius 1 is 1.18 bits per heavy atom. The van der Waals surface area contributed by atoms with Gasteiger partial charge >= 0.3 is 6.03 Å².